The van der Waals surface area contributed by atoms with E-state index < -0.39 is 0 Å². The zero-order valence-electron chi connectivity index (χ0n) is 9.41. The zero-order valence-corrected chi connectivity index (χ0v) is 11.0. The molecule has 1 unspecified atom stereocenters. The maximum Gasteiger partial charge on any atom is 0.0377 e. The predicted octanol–water partition coefficient (Wildman–Crippen LogP) is 3.93. The largest absolute Gasteiger partial charge is 0.371 e. The molecule has 1 atom stereocenters. The molecule has 0 N–H and O–H groups in total. The Morgan fingerprint density at radius 2 is 2.20 bits per heavy atom. The summed E-state index contributed by atoms with van der Waals surface area (Å²) in [5, 5.41) is 0. The Kier molecular flexibility index (Phi) is 3.35. The molecule has 1 aromatic carbocycles. The van der Waals surface area contributed by atoms with Crippen LogP contribution in [-0.2, 0) is 0 Å². The highest BCUT2D eigenvalue weighted by Crippen LogP contribution is 2.29. The highest BCUT2D eigenvalue weighted by atomic mass is 79.9. The van der Waals surface area contributed by atoms with Gasteiger partial charge in [0.25, 0.3) is 0 Å². The van der Waals surface area contributed by atoms with E-state index in [2.05, 4.69) is 58.9 Å². The molecule has 82 valence electrons. The normalized spacial score (nSPS) is 21.3. The number of rotatable bonds is 2. The SMILES string of the molecule is CC(C)C1CCN(c2cccc(Br)c2)C1. The van der Waals surface area contributed by atoms with Gasteiger partial charge in [-0.05, 0) is 36.5 Å². The van der Waals surface area contributed by atoms with Crippen molar-refractivity contribution in [2.24, 2.45) is 11.8 Å². The third-order valence-corrected chi connectivity index (χ3v) is 3.83. The monoisotopic (exact) mass is 267 g/mol. The highest BCUT2D eigenvalue weighted by molar-refractivity contribution is 9.10. The molecule has 15 heavy (non-hydrogen) atoms. The third-order valence-electron chi connectivity index (χ3n) is 3.34. The fraction of sp³-hybridized carbons (Fsp3) is 0.538. The highest BCUT2D eigenvalue weighted by Gasteiger charge is 2.24. The van der Waals surface area contributed by atoms with Crippen LogP contribution in [0.15, 0.2) is 28.7 Å². The molecule has 0 amide bonds. The van der Waals surface area contributed by atoms with E-state index in [9.17, 15) is 0 Å². The molecule has 1 aromatic rings. The number of hydrogen-bond donors (Lipinski definition) is 0. The Bertz CT molecular complexity index is 335. The van der Waals surface area contributed by atoms with Crippen LogP contribution in [0.3, 0.4) is 0 Å². The first-order valence-electron chi connectivity index (χ1n) is 5.67. The fourth-order valence-electron chi connectivity index (χ4n) is 2.24. The quantitative estimate of drug-likeness (QED) is 0.785. The Hall–Kier alpha value is -0.500. The summed E-state index contributed by atoms with van der Waals surface area (Å²) in [6.07, 6.45) is 1.34. The molecule has 0 spiro atoms. The first-order chi connectivity index (χ1) is 7.16. The predicted molar refractivity (Wildman–Crippen MR) is 69.3 cm³/mol. The fourth-order valence-corrected chi connectivity index (χ4v) is 2.63. The van der Waals surface area contributed by atoms with Gasteiger partial charge in [-0.15, -0.1) is 0 Å². The summed E-state index contributed by atoms with van der Waals surface area (Å²) in [6, 6.07) is 8.61. The number of nitrogens with zero attached hydrogens (tertiary/aromatic N) is 1. The van der Waals surface area contributed by atoms with E-state index in [-0.39, 0.29) is 0 Å². The van der Waals surface area contributed by atoms with Crippen molar-refractivity contribution in [1.82, 2.24) is 0 Å². The van der Waals surface area contributed by atoms with E-state index in [0.29, 0.717) is 0 Å². The lowest BCUT2D eigenvalue weighted by Gasteiger charge is -2.20. The van der Waals surface area contributed by atoms with Crippen molar-refractivity contribution in [1.29, 1.82) is 0 Å². The Labute approximate surface area is 101 Å². The van der Waals surface area contributed by atoms with Crippen molar-refractivity contribution in [3.05, 3.63) is 28.7 Å². The summed E-state index contributed by atoms with van der Waals surface area (Å²) < 4.78 is 1.17. The molecule has 0 bridgehead atoms. The summed E-state index contributed by atoms with van der Waals surface area (Å²) in [7, 11) is 0. The maximum atomic E-state index is 3.53. The van der Waals surface area contributed by atoms with E-state index in [1.54, 1.807) is 0 Å². The molecular formula is C13H18BrN. The Balaban J connectivity index is 2.08. The van der Waals surface area contributed by atoms with Crippen LogP contribution < -0.4 is 4.90 Å². The van der Waals surface area contributed by atoms with Gasteiger partial charge in [-0.2, -0.15) is 0 Å². The maximum absolute atomic E-state index is 3.53. The zero-order chi connectivity index (χ0) is 10.8. The first kappa shape index (κ1) is 11.0. The molecule has 2 heteroatoms. The van der Waals surface area contributed by atoms with Gasteiger partial charge in [0.05, 0.1) is 0 Å². The van der Waals surface area contributed by atoms with E-state index in [1.165, 1.54) is 29.7 Å². The van der Waals surface area contributed by atoms with Crippen LogP contribution in [0.5, 0.6) is 0 Å². The summed E-state index contributed by atoms with van der Waals surface area (Å²) in [4.78, 5) is 2.50. The second-order valence-corrected chi connectivity index (χ2v) is 5.63. The van der Waals surface area contributed by atoms with Gasteiger partial charge in [-0.1, -0.05) is 35.8 Å². The molecule has 1 saturated heterocycles. The van der Waals surface area contributed by atoms with E-state index >= 15 is 0 Å². The lowest BCUT2D eigenvalue weighted by molar-refractivity contribution is 0.423. The number of anilines is 1. The van der Waals surface area contributed by atoms with Gasteiger partial charge in [0.2, 0.25) is 0 Å². The third kappa shape index (κ3) is 2.54. The second kappa shape index (κ2) is 4.56. The van der Waals surface area contributed by atoms with E-state index in [4.69, 9.17) is 0 Å². The number of benzene rings is 1. The van der Waals surface area contributed by atoms with E-state index in [1.807, 2.05) is 0 Å². The van der Waals surface area contributed by atoms with Gasteiger partial charge in [0, 0.05) is 23.2 Å². The molecule has 0 aromatic heterocycles. The summed E-state index contributed by atoms with van der Waals surface area (Å²) in [5.74, 6) is 1.67. The Morgan fingerprint density at radius 3 is 2.80 bits per heavy atom. The van der Waals surface area contributed by atoms with Gasteiger partial charge < -0.3 is 4.90 Å². The lowest BCUT2D eigenvalue weighted by Crippen LogP contribution is -2.20. The molecule has 1 aliphatic rings. The summed E-state index contributed by atoms with van der Waals surface area (Å²) >= 11 is 3.53. The molecule has 1 nitrogen and oxygen atoms in total. The standard InChI is InChI=1S/C13H18BrN/c1-10(2)11-6-7-15(9-11)13-5-3-4-12(14)8-13/h3-5,8,10-11H,6-7,9H2,1-2H3. The minimum atomic E-state index is 0.808. The van der Waals surface area contributed by atoms with Crippen molar-refractivity contribution in [2.45, 2.75) is 20.3 Å². The number of halogens is 1. The van der Waals surface area contributed by atoms with E-state index in [0.717, 1.165) is 11.8 Å². The molecule has 0 aliphatic carbocycles. The molecule has 0 radical (unpaired) electrons. The smallest absolute Gasteiger partial charge is 0.0377 e. The van der Waals surface area contributed by atoms with Crippen molar-refractivity contribution in [3.8, 4) is 0 Å². The molecule has 1 fully saturated rings. The average Bonchev–Trinajstić information content (AvgIpc) is 2.66. The van der Waals surface area contributed by atoms with Crippen molar-refractivity contribution in [2.75, 3.05) is 18.0 Å². The van der Waals surface area contributed by atoms with Crippen LogP contribution in [-0.4, -0.2) is 13.1 Å². The summed E-state index contributed by atoms with van der Waals surface area (Å²) in [6.45, 7) is 7.08. The van der Waals surface area contributed by atoms with Crippen LogP contribution in [0.25, 0.3) is 0 Å². The van der Waals surface area contributed by atoms with Crippen LogP contribution in [0.4, 0.5) is 5.69 Å². The molecule has 0 saturated carbocycles. The van der Waals surface area contributed by atoms with Gasteiger partial charge in [0.1, 0.15) is 0 Å². The lowest BCUT2D eigenvalue weighted by atomic mass is 9.95. The van der Waals surface area contributed by atoms with Crippen molar-refractivity contribution >= 4 is 21.6 Å². The molecule has 2 rings (SSSR count). The second-order valence-electron chi connectivity index (χ2n) is 4.72. The number of hydrogen-bond acceptors (Lipinski definition) is 1. The van der Waals surface area contributed by atoms with Crippen LogP contribution in [0.2, 0.25) is 0 Å². The molecule has 1 aliphatic heterocycles. The first-order valence-corrected chi connectivity index (χ1v) is 6.46. The van der Waals surface area contributed by atoms with Crippen molar-refractivity contribution in [3.63, 3.8) is 0 Å². The van der Waals surface area contributed by atoms with Gasteiger partial charge in [-0.3, -0.25) is 0 Å². The minimum Gasteiger partial charge on any atom is -0.371 e. The van der Waals surface area contributed by atoms with Crippen LogP contribution in [0, 0.1) is 11.8 Å². The van der Waals surface area contributed by atoms with Crippen LogP contribution in [0.1, 0.15) is 20.3 Å². The summed E-state index contributed by atoms with van der Waals surface area (Å²) in [5.41, 5.74) is 1.35. The van der Waals surface area contributed by atoms with Gasteiger partial charge in [0.15, 0.2) is 0 Å². The topological polar surface area (TPSA) is 3.24 Å². The molecule has 1 heterocycles. The minimum absolute atomic E-state index is 0.808. The van der Waals surface area contributed by atoms with Crippen molar-refractivity contribution < 1.29 is 0 Å². The van der Waals surface area contributed by atoms with Crippen LogP contribution >= 0.6 is 15.9 Å². The Morgan fingerprint density at radius 1 is 1.40 bits per heavy atom. The average molecular weight is 268 g/mol. The van der Waals surface area contributed by atoms with Gasteiger partial charge >= 0.3 is 0 Å². The van der Waals surface area contributed by atoms with Gasteiger partial charge in [-0.25, -0.2) is 0 Å². The molecular weight excluding hydrogens is 250 g/mol.